The van der Waals surface area contributed by atoms with Gasteiger partial charge in [-0.25, -0.2) is 4.98 Å². The lowest BCUT2D eigenvalue weighted by molar-refractivity contribution is 0.328. The molecule has 0 aliphatic carbocycles. The topological polar surface area (TPSA) is 60.0 Å². The third-order valence-corrected chi connectivity index (χ3v) is 3.66. The van der Waals surface area contributed by atoms with Crippen molar-refractivity contribution in [3.63, 3.8) is 0 Å². The summed E-state index contributed by atoms with van der Waals surface area (Å²) in [6.45, 7) is 2.51. The lowest BCUT2D eigenvalue weighted by atomic mass is 10.2. The molecule has 0 aliphatic rings. The summed E-state index contributed by atoms with van der Waals surface area (Å²) in [6, 6.07) is 9.55. The number of rotatable bonds is 4. The van der Waals surface area contributed by atoms with Gasteiger partial charge in [-0.3, -0.25) is 0 Å². The van der Waals surface area contributed by atoms with Crippen LogP contribution >= 0.6 is 15.9 Å². The Morgan fingerprint density at radius 3 is 2.76 bits per heavy atom. The van der Waals surface area contributed by atoms with E-state index in [9.17, 15) is 0 Å². The van der Waals surface area contributed by atoms with E-state index in [0.29, 0.717) is 18.1 Å². The normalized spacial score (nSPS) is 10.8. The molecule has 0 saturated heterocycles. The summed E-state index contributed by atoms with van der Waals surface area (Å²) in [5.74, 6) is 2.13. The average molecular weight is 348 g/mol. The minimum Gasteiger partial charge on any atom is -0.496 e. The summed E-state index contributed by atoms with van der Waals surface area (Å²) in [6.07, 6.45) is 0. The molecule has 1 N–H and O–H groups in total. The van der Waals surface area contributed by atoms with Crippen LogP contribution in [0.3, 0.4) is 0 Å². The van der Waals surface area contributed by atoms with Gasteiger partial charge in [-0.05, 0) is 47.1 Å². The number of nitrogens with zero attached hydrogens (tertiary/aromatic N) is 2. The average Bonchev–Trinajstić information content (AvgIpc) is 2.90. The van der Waals surface area contributed by atoms with E-state index in [4.69, 9.17) is 9.47 Å². The second-order valence-electron chi connectivity index (χ2n) is 4.39. The van der Waals surface area contributed by atoms with Gasteiger partial charge in [0, 0.05) is 11.6 Å². The van der Waals surface area contributed by atoms with Gasteiger partial charge in [0.05, 0.1) is 23.7 Å². The summed E-state index contributed by atoms with van der Waals surface area (Å²) >= 11 is 3.48. The van der Waals surface area contributed by atoms with Crippen molar-refractivity contribution in [2.75, 3.05) is 13.7 Å². The van der Waals surface area contributed by atoms with E-state index in [0.717, 1.165) is 27.1 Å². The van der Waals surface area contributed by atoms with Gasteiger partial charge in [-0.2, -0.15) is 4.98 Å². The Labute approximate surface area is 130 Å². The number of aromatic amines is 1. The van der Waals surface area contributed by atoms with E-state index in [1.807, 2.05) is 37.3 Å². The second-order valence-corrected chi connectivity index (χ2v) is 5.24. The van der Waals surface area contributed by atoms with Crippen LogP contribution in [0.25, 0.3) is 22.6 Å². The van der Waals surface area contributed by atoms with Crippen molar-refractivity contribution in [1.29, 1.82) is 0 Å². The standard InChI is InChI=1S/C15H14BrN3O2/c1-3-21-13-7-5-11-15(18-13)19-14(17-11)9-4-6-12(20-2)10(16)8-9/h4-8H,3H2,1-2H3,(H,17,18,19). The summed E-state index contributed by atoms with van der Waals surface area (Å²) in [7, 11) is 1.64. The van der Waals surface area contributed by atoms with E-state index in [1.165, 1.54) is 0 Å². The molecular weight excluding hydrogens is 334 g/mol. The molecule has 21 heavy (non-hydrogen) atoms. The van der Waals surface area contributed by atoms with Gasteiger partial charge in [0.25, 0.3) is 0 Å². The van der Waals surface area contributed by atoms with E-state index in [1.54, 1.807) is 7.11 Å². The van der Waals surface area contributed by atoms with Crippen LogP contribution in [0.2, 0.25) is 0 Å². The minimum absolute atomic E-state index is 0.582. The Hall–Kier alpha value is -2.08. The predicted octanol–water partition coefficient (Wildman–Crippen LogP) is 3.79. The number of halogens is 1. The molecule has 0 saturated carbocycles. The molecule has 3 rings (SSSR count). The minimum atomic E-state index is 0.582. The van der Waals surface area contributed by atoms with Crippen molar-refractivity contribution in [3.05, 3.63) is 34.8 Å². The molecule has 0 spiro atoms. The summed E-state index contributed by atoms with van der Waals surface area (Å²) in [5.41, 5.74) is 2.47. The maximum atomic E-state index is 5.39. The van der Waals surface area contributed by atoms with Crippen LogP contribution in [-0.2, 0) is 0 Å². The molecule has 6 heteroatoms. The van der Waals surface area contributed by atoms with Crippen LogP contribution < -0.4 is 9.47 Å². The number of ether oxygens (including phenoxy) is 2. The molecular formula is C15H14BrN3O2. The second kappa shape index (κ2) is 5.73. The molecule has 0 amide bonds. The fraction of sp³-hybridized carbons (Fsp3) is 0.200. The predicted molar refractivity (Wildman–Crippen MR) is 84.7 cm³/mol. The van der Waals surface area contributed by atoms with E-state index in [2.05, 4.69) is 30.9 Å². The fourth-order valence-corrected chi connectivity index (χ4v) is 2.59. The molecule has 0 fully saturated rings. The summed E-state index contributed by atoms with van der Waals surface area (Å²) < 4.78 is 11.5. The maximum absolute atomic E-state index is 5.39. The monoisotopic (exact) mass is 347 g/mol. The number of fused-ring (bicyclic) bond motifs is 1. The Bertz CT molecular complexity index is 786. The highest BCUT2D eigenvalue weighted by Crippen LogP contribution is 2.30. The number of nitrogens with one attached hydrogen (secondary N) is 1. The lowest BCUT2D eigenvalue weighted by Crippen LogP contribution is -1.93. The highest BCUT2D eigenvalue weighted by Gasteiger charge is 2.09. The van der Waals surface area contributed by atoms with E-state index >= 15 is 0 Å². The van der Waals surface area contributed by atoms with Crippen LogP contribution in [0.15, 0.2) is 34.8 Å². The Morgan fingerprint density at radius 2 is 2.05 bits per heavy atom. The molecule has 108 valence electrons. The molecule has 2 aromatic heterocycles. The molecule has 0 bridgehead atoms. The van der Waals surface area contributed by atoms with Gasteiger partial charge in [-0.15, -0.1) is 0 Å². The van der Waals surface area contributed by atoms with Gasteiger partial charge >= 0.3 is 0 Å². The van der Waals surface area contributed by atoms with Gasteiger partial charge in [-0.1, -0.05) is 0 Å². The molecule has 1 aromatic carbocycles. The van der Waals surface area contributed by atoms with E-state index < -0.39 is 0 Å². The first-order chi connectivity index (χ1) is 10.2. The maximum Gasteiger partial charge on any atom is 0.215 e. The molecule has 0 aliphatic heterocycles. The first kappa shape index (κ1) is 13.9. The first-order valence-electron chi connectivity index (χ1n) is 6.54. The smallest absolute Gasteiger partial charge is 0.215 e. The quantitative estimate of drug-likeness (QED) is 0.779. The van der Waals surface area contributed by atoms with Crippen molar-refractivity contribution >= 4 is 27.1 Å². The Kier molecular flexibility index (Phi) is 3.79. The molecule has 5 nitrogen and oxygen atoms in total. The van der Waals surface area contributed by atoms with Crippen LogP contribution in [-0.4, -0.2) is 28.7 Å². The highest BCUT2D eigenvalue weighted by molar-refractivity contribution is 9.10. The zero-order valence-electron chi connectivity index (χ0n) is 11.7. The number of hydrogen-bond acceptors (Lipinski definition) is 4. The molecule has 0 radical (unpaired) electrons. The van der Waals surface area contributed by atoms with Crippen molar-refractivity contribution < 1.29 is 9.47 Å². The van der Waals surface area contributed by atoms with Crippen molar-refractivity contribution in [3.8, 4) is 23.0 Å². The number of aromatic nitrogens is 3. The summed E-state index contributed by atoms with van der Waals surface area (Å²) in [4.78, 5) is 12.1. The molecule has 0 unspecified atom stereocenters. The van der Waals surface area contributed by atoms with Crippen molar-refractivity contribution in [1.82, 2.24) is 15.0 Å². The number of imidazole rings is 1. The van der Waals surface area contributed by atoms with Crippen LogP contribution in [0.5, 0.6) is 11.6 Å². The van der Waals surface area contributed by atoms with Crippen LogP contribution in [0, 0.1) is 0 Å². The molecule has 0 atom stereocenters. The molecule has 2 heterocycles. The molecule has 3 aromatic rings. The fourth-order valence-electron chi connectivity index (χ4n) is 2.05. The SMILES string of the molecule is CCOc1ccc2[nH]c(-c3ccc(OC)c(Br)c3)nc2n1. The number of hydrogen-bond donors (Lipinski definition) is 1. The summed E-state index contributed by atoms with van der Waals surface area (Å²) in [5, 5.41) is 0. The van der Waals surface area contributed by atoms with Crippen LogP contribution in [0.1, 0.15) is 6.92 Å². The number of pyridine rings is 1. The third kappa shape index (κ3) is 2.71. The van der Waals surface area contributed by atoms with Gasteiger partial charge < -0.3 is 14.5 Å². The van der Waals surface area contributed by atoms with Gasteiger partial charge in [0.2, 0.25) is 5.88 Å². The highest BCUT2D eigenvalue weighted by atomic mass is 79.9. The van der Waals surface area contributed by atoms with Gasteiger partial charge in [0.1, 0.15) is 11.6 Å². The number of H-pyrrole nitrogens is 1. The zero-order chi connectivity index (χ0) is 14.8. The first-order valence-corrected chi connectivity index (χ1v) is 7.34. The van der Waals surface area contributed by atoms with Gasteiger partial charge in [0.15, 0.2) is 5.65 Å². The number of benzene rings is 1. The van der Waals surface area contributed by atoms with E-state index in [-0.39, 0.29) is 0 Å². The van der Waals surface area contributed by atoms with Crippen LogP contribution in [0.4, 0.5) is 0 Å². The third-order valence-electron chi connectivity index (χ3n) is 3.04. The largest absolute Gasteiger partial charge is 0.496 e. The van der Waals surface area contributed by atoms with Crippen molar-refractivity contribution in [2.24, 2.45) is 0 Å². The lowest BCUT2D eigenvalue weighted by Gasteiger charge is -2.04. The van der Waals surface area contributed by atoms with Crippen molar-refractivity contribution in [2.45, 2.75) is 6.92 Å². The Morgan fingerprint density at radius 1 is 1.19 bits per heavy atom. The zero-order valence-corrected chi connectivity index (χ0v) is 13.3. The Balaban J connectivity index is 2.02. The number of methoxy groups -OCH3 is 1.